The van der Waals surface area contributed by atoms with Crippen LogP contribution < -0.4 is 5.32 Å². The molecule has 33 heavy (non-hydrogen) atoms. The molecule has 0 atom stereocenters. The number of nitrogens with zero attached hydrogens (tertiary/aromatic N) is 1. The molecule has 0 radical (unpaired) electrons. The molecule has 0 fully saturated rings. The minimum Gasteiger partial charge on any atom is -0.350 e. The highest BCUT2D eigenvalue weighted by molar-refractivity contribution is 6.36. The zero-order valence-corrected chi connectivity index (χ0v) is 18.5. The lowest BCUT2D eigenvalue weighted by Gasteiger charge is -2.16. The van der Waals surface area contributed by atoms with Crippen LogP contribution in [0.4, 0.5) is 5.69 Å². The molecule has 0 aromatic heterocycles. The van der Waals surface area contributed by atoms with E-state index in [2.05, 4.69) is 5.32 Å². The molecule has 0 unspecified atom stereocenters. The lowest BCUT2D eigenvalue weighted by molar-refractivity contribution is -0.136. The van der Waals surface area contributed by atoms with Crippen LogP contribution in [0.2, 0.25) is 5.02 Å². The Morgan fingerprint density at radius 1 is 0.727 bits per heavy atom. The molecule has 4 aromatic rings. The number of amides is 2. The Bertz CT molecular complexity index is 1370. The van der Waals surface area contributed by atoms with Crippen molar-refractivity contribution in [1.29, 1.82) is 0 Å². The second-order valence-corrected chi connectivity index (χ2v) is 8.34. The third kappa shape index (κ3) is 4.13. The molecule has 5 heteroatoms. The predicted molar refractivity (Wildman–Crippen MR) is 133 cm³/mol. The van der Waals surface area contributed by atoms with Gasteiger partial charge in [-0.15, -0.1) is 0 Å². The highest BCUT2D eigenvalue weighted by Crippen LogP contribution is 2.32. The standard InChI is InChI=1S/C28H21ClN2O2/c29-22-15-13-19(14-16-22)17-18-31-27(32)25(21-8-2-1-3-9-21)26(28(31)33)30-24-12-6-10-20-7-4-5-11-23(20)24/h1-16,30H,17-18H2. The van der Waals surface area contributed by atoms with Crippen molar-refractivity contribution in [3.05, 3.63) is 119 Å². The fraction of sp³-hybridized carbons (Fsp3) is 0.0714. The number of fused-ring (bicyclic) bond motifs is 1. The average molecular weight is 453 g/mol. The van der Waals surface area contributed by atoms with Crippen LogP contribution in [0.25, 0.3) is 16.3 Å². The zero-order chi connectivity index (χ0) is 22.8. The first-order valence-corrected chi connectivity index (χ1v) is 11.1. The van der Waals surface area contributed by atoms with Crippen LogP contribution in [-0.4, -0.2) is 23.3 Å². The molecular weight excluding hydrogens is 432 g/mol. The Kier molecular flexibility index (Phi) is 5.68. The van der Waals surface area contributed by atoms with Crippen molar-refractivity contribution in [2.75, 3.05) is 11.9 Å². The quantitative estimate of drug-likeness (QED) is 0.369. The van der Waals surface area contributed by atoms with Gasteiger partial charge >= 0.3 is 0 Å². The maximum absolute atomic E-state index is 13.5. The van der Waals surface area contributed by atoms with Crippen LogP contribution in [0.3, 0.4) is 0 Å². The van der Waals surface area contributed by atoms with Gasteiger partial charge in [0.1, 0.15) is 5.70 Å². The Morgan fingerprint density at radius 3 is 2.21 bits per heavy atom. The van der Waals surface area contributed by atoms with Gasteiger partial charge in [0.2, 0.25) is 0 Å². The zero-order valence-electron chi connectivity index (χ0n) is 17.8. The van der Waals surface area contributed by atoms with Gasteiger partial charge in [0.15, 0.2) is 0 Å². The number of hydrogen-bond acceptors (Lipinski definition) is 3. The van der Waals surface area contributed by atoms with Crippen LogP contribution in [0.5, 0.6) is 0 Å². The first-order chi connectivity index (χ1) is 16.1. The van der Waals surface area contributed by atoms with Gasteiger partial charge in [-0.3, -0.25) is 14.5 Å². The van der Waals surface area contributed by atoms with E-state index < -0.39 is 0 Å². The number of benzene rings is 4. The van der Waals surface area contributed by atoms with Crippen molar-refractivity contribution in [2.45, 2.75) is 6.42 Å². The first-order valence-electron chi connectivity index (χ1n) is 10.8. The second kappa shape index (κ2) is 8.93. The number of imide groups is 1. The summed E-state index contributed by atoms with van der Waals surface area (Å²) in [4.78, 5) is 28.2. The van der Waals surface area contributed by atoms with Gasteiger partial charge < -0.3 is 5.32 Å². The Labute approximate surface area is 197 Å². The molecule has 1 aliphatic rings. The minimum absolute atomic E-state index is 0.288. The van der Waals surface area contributed by atoms with Crippen LogP contribution in [-0.2, 0) is 16.0 Å². The first kappa shape index (κ1) is 21.0. The van der Waals surface area contributed by atoms with Crippen molar-refractivity contribution in [2.24, 2.45) is 0 Å². The number of halogens is 1. The number of carbonyl (C=O) groups is 2. The number of nitrogens with one attached hydrogen (secondary N) is 1. The van der Waals surface area contributed by atoms with E-state index in [9.17, 15) is 9.59 Å². The van der Waals surface area contributed by atoms with Crippen LogP contribution >= 0.6 is 11.6 Å². The fourth-order valence-corrected chi connectivity index (χ4v) is 4.25. The van der Waals surface area contributed by atoms with Gasteiger partial charge in [-0.05, 0) is 41.1 Å². The smallest absolute Gasteiger partial charge is 0.278 e. The monoisotopic (exact) mass is 452 g/mol. The molecule has 4 nitrogen and oxygen atoms in total. The molecular formula is C28H21ClN2O2. The molecule has 1 N–H and O–H groups in total. The third-order valence-electron chi connectivity index (χ3n) is 5.82. The van der Waals surface area contributed by atoms with E-state index in [1.54, 1.807) is 0 Å². The second-order valence-electron chi connectivity index (χ2n) is 7.91. The molecule has 0 bridgehead atoms. The summed E-state index contributed by atoms with van der Waals surface area (Å²) in [6.07, 6.45) is 0.554. The van der Waals surface area contributed by atoms with Crippen molar-refractivity contribution < 1.29 is 9.59 Å². The lowest BCUT2D eigenvalue weighted by atomic mass is 10.0. The maximum atomic E-state index is 13.5. The number of carbonyl (C=O) groups excluding carboxylic acids is 2. The summed E-state index contributed by atoms with van der Waals surface area (Å²) in [5.41, 5.74) is 3.21. The Balaban J connectivity index is 1.50. The van der Waals surface area contributed by atoms with E-state index in [4.69, 9.17) is 11.6 Å². The molecule has 162 valence electrons. The number of hydrogen-bond donors (Lipinski definition) is 1. The van der Waals surface area contributed by atoms with E-state index in [0.717, 1.165) is 22.0 Å². The van der Waals surface area contributed by atoms with Crippen molar-refractivity contribution in [3.8, 4) is 0 Å². The van der Waals surface area contributed by atoms with Crippen LogP contribution in [0.15, 0.2) is 103 Å². The molecule has 0 spiro atoms. The lowest BCUT2D eigenvalue weighted by Crippen LogP contribution is -2.34. The fourth-order valence-electron chi connectivity index (χ4n) is 4.13. The minimum atomic E-state index is -0.319. The van der Waals surface area contributed by atoms with E-state index in [-0.39, 0.29) is 18.4 Å². The van der Waals surface area contributed by atoms with Gasteiger partial charge in [0.05, 0.1) is 5.57 Å². The van der Waals surface area contributed by atoms with Crippen molar-refractivity contribution >= 4 is 45.4 Å². The summed E-state index contributed by atoms with van der Waals surface area (Å²) < 4.78 is 0. The predicted octanol–water partition coefficient (Wildman–Crippen LogP) is 5.93. The van der Waals surface area contributed by atoms with E-state index in [0.29, 0.717) is 28.3 Å². The van der Waals surface area contributed by atoms with E-state index >= 15 is 0 Å². The van der Waals surface area contributed by atoms with Crippen LogP contribution in [0.1, 0.15) is 11.1 Å². The molecule has 4 aromatic carbocycles. The highest BCUT2D eigenvalue weighted by atomic mass is 35.5. The molecule has 2 amide bonds. The van der Waals surface area contributed by atoms with Gasteiger partial charge in [-0.2, -0.15) is 0 Å². The summed E-state index contributed by atoms with van der Waals surface area (Å²) in [5, 5.41) is 5.99. The molecule has 1 heterocycles. The van der Waals surface area contributed by atoms with Gasteiger partial charge in [0.25, 0.3) is 11.8 Å². The topological polar surface area (TPSA) is 49.4 Å². The normalized spacial score (nSPS) is 13.8. The van der Waals surface area contributed by atoms with Crippen molar-refractivity contribution in [3.63, 3.8) is 0 Å². The summed E-state index contributed by atoms with van der Waals surface area (Å²) >= 11 is 5.98. The Morgan fingerprint density at radius 2 is 1.42 bits per heavy atom. The van der Waals surface area contributed by atoms with Gasteiger partial charge in [-0.1, -0.05) is 90.5 Å². The SMILES string of the molecule is O=C1C(Nc2cccc3ccccc23)=C(c2ccccc2)C(=O)N1CCc1ccc(Cl)cc1. The average Bonchev–Trinajstić information content (AvgIpc) is 3.08. The molecule has 1 aliphatic heterocycles. The van der Waals surface area contributed by atoms with E-state index in [1.165, 1.54) is 4.90 Å². The summed E-state index contributed by atoms with van der Waals surface area (Å²) in [7, 11) is 0. The van der Waals surface area contributed by atoms with Crippen molar-refractivity contribution in [1.82, 2.24) is 4.90 Å². The van der Waals surface area contributed by atoms with Gasteiger partial charge in [-0.25, -0.2) is 0 Å². The largest absolute Gasteiger partial charge is 0.350 e. The summed E-state index contributed by atoms with van der Waals surface area (Å²) in [6.45, 7) is 0.288. The van der Waals surface area contributed by atoms with E-state index in [1.807, 2.05) is 97.1 Å². The van der Waals surface area contributed by atoms with Crippen LogP contribution in [0, 0.1) is 0 Å². The number of rotatable bonds is 6. The highest BCUT2D eigenvalue weighted by Gasteiger charge is 2.39. The Hall–Kier alpha value is -3.89. The van der Waals surface area contributed by atoms with Gasteiger partial charge in [0, 0.05) is 22.6 Å². The molecule has 0 saturated carbocycles. The summed E-state index contributed by atoms with van der Waals surface area (Å²) in [5.74, 6) is -0.608. The number of anilines is 1. The molecule has 0 aliphatic carbocycles. The third-order valence-corrected chi connectivity index (χ3v) is 6.07. The maximum Gasteiger partial charge on any atom is 0.278 e. The summed E-state index contributed by atoms with van der Waals surface area (Å²) in [6, 6.07) is 30.6. The molecule has 0 saturated heterocycles. The molecule has 5 rings (SSSR count).